The lowest BCUT2D eigenvalue weighted by Crippen LogP contribution is -2.49. The summed E-state index contributed by atoms with van der Waals surface area (Å²) in [6.45, 7) is 3.19. The Morgan fingerprint density at radius 2 is 2.35 bits per heavy atom. The van der Waals surface area contributed by atoms with Gasteiger partial charge in [0.2, 0.25) is 0 Å². The smallest absolute Gasteiger partial charge is 0.295 e. The predicted octanol–water partition coefficient (Wildman–Crippen LogP) is 2.05. The average Bonchev–Trinajstić information content (AvgIpc) is 2.41. The van der Waals surface area contributed by atoms with Crippen LogP contribution in [-0.2, 0) is 4.74 Å². The number of hydrogen-bond donors (Lipinski definition) is 1. The molecule has 6 nitrogen and oxygen atoms in total. The Bertz CT molecular complexity index is 527. The molecular weight excluding hydrogens is 333 g/mol. The van der Waals surface area contributed by atoms with E-state index in [1.807, 2.05) is 6.92 Å². The second kappa shape index (κ2) is 6.02. The molecule has 2 rings (SSSR count). The molecule has 0 saturated carbocycles. The molecule has 1 saturated heterocycles. The summed E-state index contributed by atoms with van der Waals surface area (Å²) in [7, 11) is 0. The van der Waals surface area contributed by atoms with E-state index in [2.05, 4.69) is 15.9 Å². The minimum Gasteiger partial charge on any atom is -0.373 e. The largest absolute Gasteiger partial charge is 0.373 e. The van der Waals surface area contributed by atoms with E-state index in [-0.39, 0.29) is 22.3 Å². The lowest BCUT2D eigenvalue weighted by molar-refractivity contribution is -0.384. The summed E-state index contributed by atoms with van der Waals surface area (Å²) < 4.78 is 19.2. The second-order valence-corrected chi connectivity index (χ2v) is 5.58. The van der Waals surface area contributed by atoms with Crippen LogP contribution >= 0.6 is 15.9 Å². The lowest BCUT2D eigenvalue weighted by atomic mass is 10.1. The summed E-state index contributed by atoms with van der Waals surface area (Å²) in [6, 6.07) is 2.17. The Hall–Kier alpha value is -1.25. The van der Waals surface area contributed by atoms with Crippen molar-refractivity contribution < 1.29 is 14.1 Å². The Balaban J connectivity index is 2.36. The zero-order chi connectivity index (χ0) is 14.9. The first kappa shape index (κ1) is 15.1. The number of nitrogens with zero attached hydrogens (tertiary/aromatic N) is 2. The number of ether oxygens (including phenoxy) is 1. The maximum absolute atomic E-state index is 13.5. The van der Waals surface area contributed by atoms with Crippen molar-refractivity contribution in [2.45, 2.75) is 19.1 Å². The first-order valence-electron chi connectivity index (χ1n) is 6.15. The molecule has 110 valence electrons. The van der Waals surface area contributed by atoms with Crippen LogP contribution in [0.25, 0.3) is 0 Å². The molecule has 0 radical (unpaired) electrons. The second-order valence-electron chi connectivity index (χ2n) is 4.73. The van der Waals surface area contributed by atoms with E-state index in [1.54, 1.807) is 4.90 Å². The van der Waals surface area contributed by atoms with Gasteiger partial charge in [0.15, 0.2) is 0 Å². The molecule has 2 atom stereocenters. The van der Waals surface area contributed by atoms with Gasteiger partial charge in [-0.1, -0.05) is 0 Å². The maximum atomic E-state index is 13.5. The quantitative estimate of drug-likeness (QED) is 0.668. The Morgan fingerprint density at radius 3 is 2.95 bits per heavy atom. The molecule has 0 aliphatic carbocycles. The Kier molecular flexibility index (Phi) is 4.56. The third-order valence-corrected chi connectivity index (χ3v) is 3.84. The molecule has 1 aliphatic rings. The predicted molar refractivity (Wildman–Crippen MR) is 76.4 cm³/mol. The summed E-state index contributed by atoms with van der Waals surface area (Å²) in [5.41, 5.74) is 5.92. The summed E-state index contributed by atoms with van der Waals surface area (Å²) >= 11 is 3.06. The van der Waals surface area contributed by atoms with E-state index < -0.39 is 10.7 Å². The van der Waals surface area contributed by atoms with E-state index >= 15 is 0 Å². The van der Waals surface area contributed by atoms with Gasteiger partial charge in [-0.2, -0.15) is 0 Å². The van der Waals surface area contributed by atoms with Crippen LogP contribution < -0.4 is 10.6 Å². The van der Waals surface area contributed by atoms with E-state index in [9.17, 15) is 14.5 Å². The molecule has 1 fully saturated rings. The van der Waals surface area contributed by atoms with Crippen molar-refractivity contribution in [3.63, 3.8) is 0 Å². The zero-order valence-corrected chi connectivity index (χ0v) is 12.5. The van der Waals surface area contributed by atoms with E-state index in [0.29, 0.717) is 25.4 Å². The topological polar surface area (TPSA) is 81.6 Å². The van der Waals surface area contributed by atoms with Gasteiger partial charge in [0.25, 0.3) is 5.69 Å². The van der Waals surface area contributed by atoms with Gasteiger partial charge < -0.3 is 15.4 Å². The standard InChI is InChI=1S/C12H15BrFN3O3/c1-7(15)12-6-16(2-3-20-12)10-4-8(13)9(14)5-11(10)17(18)19/h4-5,7,12H,2-3,6,15H2,1H3. The molecule has 1 aromatic rings. The fraction of sp³-hybridized carbons (Fsp3) is 0.500. The molecule has 1 aliphatic heterocycles. The van der Waals surface area contributed by atoms with Crippen molar-refractivity contribution >= 4 is 27.3 Å². The highest BCUT2D eigenvalue weighted by molar-refractivity contribution is 9.10. The van der Waals surface area contributed by atoms with Crippen LogP contribution in [0.1, 0.15) is 6.92 Å². The minimum atomic E-state index is -0.655. The number of nitrogens with two attached hydrogens (primary N) is 1. The number of nitro benzene ring substituents is 1. The average molecular weight is 348 g/mol. The fourth-order valence-corrected chi connectivity index (χ4v) is 2.47. The third-order valence-electron chi connectivity index (χ3n) is 3.23. The highest BCUT2D eigenvalue weighted by Gasteiger charge is 2.28. The van der Waals surface area contributed by atoms with Gasteiger partial charge in [0, 0.05) is 19.1 Å². The van der Waals surface area contributed by atoms with Gasteiger partial charge in [0.05, 0.1) is 28.2 Å². The first-order chi connectivity index (χ1) is 9.40. The summed E-state index contributed by atoms with van der Waals surface area (Å²) in [5.74, 6) is -0.655. The van der Waals surface area contributed by atoms with E-state index in [1.165, 1.54) is 6.07 Å². The molecule has 0 aromatic heterocycles. The third kappa shape index (κ3) is 3.08. The van der Waals surface area contributed by atoms with Gasteiger partial charge in [-0.05, 0) is 28.9 Å². The van der Waals surface area contributed by atoms with Crippen molar-refractivity contribution in [1.82, 2.24) is 0 Å². The van der Waals surface area contributed by atoms with Crippen LogP contribution in [0.5, 0.6) is 0 Å². The number of benzene rings is 1. The molecule has 2 unspecified atom stereocenters. The highest BCUT2D eigenvalue weighted by Crippen LogP contribution is 2.34. The summed E-state index contributed by atoms with van der Waals surface area (Å²) in [6.07, 6.45) is -0.202. The van der Waals surface area contributed by atoms with Crippen LogP contribution in [0.2, 0.25) is 0 Å². The molecule has 8 heteroatoms. The van der Waals surface area contributed by atoms with Crippen molar-refractivity contribution in [2.75, 3.05) is 24.6 Å². The van der Waals surface area contributed by atoms with Crippen molar-refractivity contribution in [3.8, 4) is 0 Å². The first-order valence-corrected chi connectivity index (χ1v) is 6.95. The fourth-order valence-electron chi connectivity index (χ4n) is 2.14. The van der Waals surface area contributed by atoms with Crippen molar-refractivity contribution in [1.29, 1.82) is 0 Å². The number of rotatable bonds is 3. The highest BCUT2D eigenvalue weighted by atomic mass is 79.9. The molecular formula is C12H15BrFN3O3. The van der Waals surface area contributed by atoms with E-state index in [0.717, 1.165) is 6.07 Å². The van der Waals surface area contributed by atoms with Crippen LogP contribution in [0, 0.1) is 15.9 Å². The van der Waals surface area contributed by atoms with Gasteiger partial charge in [0.1, 0.15) is 11.5 Å². The summed E-state index contributed by atoms with van der Waals surface area (Å²) in [5, 5.41) is 11.1. The molecule has 2 N–H and O–H groups in total. The van der Waals surface area contributed by atoms with Gasteiger partial charge in [-0.3, -0.25) is 10.1 Å². The molecule has 1 heterocycles. The number of nitro groups is 1. The number of hydrogen-bond acceptors (Lipinski definition) is 5. The molecule has 0 amide bonds. The normalized spacial score (nSPS) is 20.8. The van der Waals surface area contributed by atoms with Crippen molar-refractivity contribution in [2.24, 2.45) is 5.73 Å². The maximum Gasteiger partial charge on any atom is 0.295 e. The van der Waals surface area contributed by atoms with Crippen LogP contribution in [-0.4, -0.2) is 36.8 Å². The van der Waals surface area contributed by atoms with Crippen molar-refractivity contribution in [3.05, 3.63) is 32.5 Å². The van der Waals surface area contributed by atoms with E-state index in [4.69, 9.17) is 10.5 Å². The van der Waals surface area contributed by atoms with Crippen LogP contribution in [0.4, 0.5) is 15.8 Å². The Morgan fingerprint density at radius 1 is 1.65 bits per heavy atom. The molecule has 0 bridgehead atoms. The molecule has 20 heavy (non-hydrogen) atoms. The van der Waals surface area contributed by atoms with Gasteiger partial charge >= 0.3 is 0 Å². The van der Waals surface area contributed by atoms with Gasteiger partial charge in [-0.25, -0.2) is 4.39 Å². The van der Waals surface area contributed by atoms with Crippen LogP contribution in [0.15, 0.2) is 16.6 Å². The number of anilines is 1. The van der Waals surface area contributed by atoms with Crippen LogP contribution in [0.3, 0.4) is 0 Å². The monoisotopic (exact) mass is 347 g/mol. The van der Waals surface area contributed by atoms with Gasteiger partial charge in [-0.15, -0.1) is 0 Å². The Labute approximate surface area is 124 Å². The minimum absolute atomic E-state index is 0.180. The zero-order valence-electron chi connectivity index (χ0n) is 10.9. The number of morpholine rings is 1. The number of halogens is 2. The molecule has 1 aromatic carbocycles. The summed E-state index contributed by atoms with van der Waals surface area (Å²) in [4.78, 5) is 12.3. The lowest BCUT2D eigenvalue weighted by Gasteiger charge is -2.35. The SMILES string of the molecule is CC(N)C1CN(c2cc(Br)c(F)cc2[N+](=O)[O-])CCO1. The molecule has 0 spiro atoms.